The van der Waals surface area contributed by atoms with Crippen molar-refractivity contribution in [3.63, 3.8) is 0 Å². The predicted molar refractivity (Wildman–Crippen MR) is 100 cm³/mol. The van der Waals surface area contributed by atoms with E-state index >= 15 is 0 Å². The lowest BCUT2D eigenvalue weighted by Crippen LogP contribution is -3.13. The molecule has 3 nitrogen and oxygen atoms in total. The molecular formula is C21H29N2O+. The lowest BCUT2D eigenvalue weighted by Gasteiger charge is -2.34. The number of hydrogen-bond donors (Lipinski definition) is 1. The minimum atomic E-state index is 0.717. The molecule has 2 aromatic carbocycles. The normalized spacial score (nSPS) is 15.5. The fraction of sp³-hybridized carbons (Fsp3) is 0.429. The van der Waals surface area contributed by atoms with Crippen molar-refractivity contribution in [2.24, 2.45) is 0 Å². The number of anilines is 1. The number of benzene rings is 2. The van der Waals surface area contributed by atoms with Crippen molar-refractivity contribution < 1.29 is 9.64 Å². The van der Waals surface area contributed by atoms with Gasteiger partial charge < -0.3 is 14.5 Å². The van der Waals surface area contributed by atoms with Crippen LogP contribution < -0.4 is 14.5 Å². The quantitative estimate of drug-likeness (QED) is 0.910. The van der Waals surface area contributed by atoms with Gasteiger partial charge in [-0.25, -0.2) is 0 Å². The van der Waals surface area contributed by atoms with Crippen LogP contribution in [-0.4, -0.2) is 32.8 Å². The zero-order chi connectivity index (χ0) is 16.9. The smallest absolute Gasteiger partial charge is 0.142 e. The van der Waals surface area contributed by atoms with Crippen LogP contribution in [-0.2, 0) is 6.54 Å². The maximum Gasteiger partial charge on any atom is 0.142 e. The molecule has 1 fully saturated rings. The van der Waals surface area contributed by atoms with Gasteiger partial charge in [0, 0.05) is 5.56 Å². The van der Waals surface area contributed by atoms with Gasteiger partial charge in [0.05, 0.1) is 38.5 Å². The lowest BCUT2D eigenvalue weighted by atomic mass is 10.0. The van der Waals surface area contributed by atoms with Crippen molar-refractivity contribution in [2.45, 2.75) is 27.3 Å². The SMILES string of the molecule is CCOc1ccccc1N1CC[NH+](Cc2ccc(C)cc2C)CC1. The van der Waals surface area contributed by atoms with Gasteiger partial charge in [-0.1, -0.05) is 35.9 Å². The van der Waals surface area contributed by atoms with Crippen LogP contribution in [0.3, 0.4) is 0 Å². The molecule has 0 atom stereocenters. The highest BCUT2D eigenvalue weighted by molar-refractivity contribution is 5.58. The summed E-state index contributed by atoms with van der Waals surface area (Å²) in [6.07, 6.45) is 0. The zero-order valence-electron chi connectivity index (χ0n) is 15.1. The van der Waals surface area contributed by atoms with Crippen molar-refractivity contribution in [1.82, 2.24) is 0 Å². The Hall–Kier alpha value is -2.00. The van der Waals surface area contributed by atoms with Crippen molar-refractivity contribution >= 4 is 5.69 Å². The fourth-order valence-electron chi connectivity index (χ4n) is 3.55. The van der Waals surface area contributed by atoms with Gasteiger partial charge in [0.1, 0.15) is 12.3 Å². The van der Waals surface area contributed by atoms with E-state index in [1.54, 1.807) is 4.90 Å². The Labute approximate surface area is 145 Å². The number of quaternary nitrogens is 1. The molecule has 2 aromatic rings. The first kappa shape index (κ1) is 16.8. The second-order valence-electron chi connectivity index (χ2n) is 6.74. The summed E-state index contributed by atoms with van der Waals surface area (Å²) in [4.78, 5) is 4.14. The molecule has 0 amide bonds. The van der Waals surface area contributed by atoms with Gasteiger partial charge in [0.25, 0.3) is 0 Å². The number of hydrogen-bond acceptors (Lipinski definition) is 2. The van der Waals surface area contributed by atoms with Gasteiger partial charge in [0.15, 0.2) is 0 Å². The zero-order valence-corrected chi connectivity index (χ0v) is 15.1. The van der Waals surface area contributed by atoms with Gasteiger partial charge in [0.2, 0.25) is 0 Å². The van der Waals surface area contributed by atoms with E-state index in [4.69, 9.17) is 4.74 Å². The summed E-state index contributed by atoms with van der Waals surface area (Å²) in [6, 6.07) is 15.2. The maximum atomic E-state index is 5.79. The van der Waals surface area contributed by atoms with E-state index in [0.717, 1.165) is 32.0 Å². The van der Waals surface area contributed by atoms with E-state index in [9.17, 15) is 0 Å². The summed E-state index contributed by atoms with van der Waals surface area (Å²) >= 11 is 0. The van der Waals surface area contributed by atoms with Crippen LogP contribution >= 0.6 is 0 Å². The molecule has 1 saturated heterocycles. The van der Waals surface area contributed by atoms with E-state index in [1.165, 1.54) is 35.5 Å². The van der Waals surface area contributed by atoms with Gasteiger partial charge in [-0.05, 0) is 38.5 Å². The fourth-order valence-corrected chi connectivity index (χ4v) is 3.55. The van der Waals surface area contributed by atoms with E-state index < -0.39 is 0 Å². The topological polar surface area (TPSA) is 16.9 Å². The highest BCUT2D eigenvalue weighted by Crippen LogP contribution is 2.27. The Balaban J connectivity index is 1.62. The molecule has 128 valence electrons. The van der Waals surface area contributed by atoms with Crippen LogP contribution in [0, 0.1) is 13.8 Å². The molecule has 3 heteroatoms. The van der Waals surface area contributed by atoms with E-state index in [-0.39, 0.29) is 0 Å². The van der Waals surface area contributed by atoms with Crippen LogP contribution in [0.2, 0.25) is 0 Å². The van der Waals surface area contributed by atoms with Crippen molar-refractivity contribution in [2.75, 3.05) is 37.7 Å². The number of rotatable bonds is 5. The third-order valence-corrected chi connectivity index (χ3v) is 4.91. The van der Waals surface area contributed by atoms with Crippen LogP contribution in [0.25, 0.3) is 0 Å². The highest BCUT2D eigenvalue weighted by atomic mass is 16.5. The summed E-state index contributed by atoms with van der Waals surface area (Å²) in [5.74, 6) is 1.01. The molecule has 1 heterocycles. The summed E-state index contributed by atoms with van der Waals surface area (Å²) in [6.45, 7) is 12.8. The molecule has 0 aromatic heterocycles. The Morgan fingerprint density at radius 2 is 1.79 bits per heavy atom. The van der Waals surface area contributed by atoms with Gasteiger partial charge >= 0.3 is 0 Å². The Bertz CT molecular complexity index is 675. The van der Waals surface area contributed by atoms with Crippen LogP contribution in [0.1, 0.15) is 23.6 Å². The number of para-hydroxylation sites is 2. The number of nitrogens with one attached hydrogen (secondary N) is 1. The summed E-state index contributed by atoms with van der Waals surface area (Å²) in [5.41, 5.74) is 5.50. The second-order valence-corrected chi connectivity index (χ2v) is 6.74. The Morgan fingerprint density at radius 3 is 2.50 bits per heavy atom. The highest BCUT2D eigenvalue weighted by Gasteiger charge is 2.22. The summed E-state index contributed by atoms with van der Waals surface area (Å²) < 4.78 is 5.79. The molecule has 0 radical (unpaired) electrons. The van der Waals surface area contributed by atoms with Crippen molar-refractivity contribution in [3.05, 3.63) is 59.2 Å². The van der Waals surface area contributed by atoms with Crippen molar-refractivity contribution in [3.8, 4) is 5.75 Å². The third-order valence-electron chi connectivity index (χ3n) is 4.91. The first-order valence-electron chi connectivity index (χ1n) is 9.04. The first-order chi connectivity index (χ1) is 11.7. The van der Waals surface area contributed by atoms with Crippen LogP contribution in [0.4, 0.5) is 5.69 Å². The van der Waals surface area contributed by atoms with E-state index in [0.29, 0.717) is 0 Å². The van der Waals surface area contributed by atoms with Gasteiger partial charge in [-0.2, -0.15) is 0 Å². The predicted octanol–water partition coefficient (Wildman–Crippen LogP) is 2.61. The molecular weight excluding hydrogens is 296 g/mol. The second kappa shape index (κ2) is 7.71. The first-order valence-corrected chi connectivity index (χ1v) is 9.04. The van der Waals surface area contributed by atoms with Crippen LogP contribution in [0.15, 0.2) is 42.5 Å². The minimum absolute atomic E-state index is 0.717. The van der Waals surface area contributed by atoms with Crippen molar-refractivity contribution in [1.29, 1.82) is 0 Å². The largest absolute Gasteiger partial charge is 0.492 e. The number of aryl methyl sites for hydroxylation is 2. The Morgan fingerprint density at radius 1 is 1.04 bits per heavy atom. The summed E-state index contributed by atoms with van der Waals surface area (Å²) in [7, 11) is 0. The molecule has 0 unspecified atom stereocenters. The maximum absolute atomic E-state index is 5.79. The molecule has 1 aliphatic rings. The van der Waals surface area contributed by atoms with Crippen LogP contribution in [0.5, 0.6) is 5.75 Å². The average Bonchev–Trinajstić information content (AvgIpc) is 2.59. The molecule has 0 bridgehead atoms. The molecule has 0 spiro atoms. The van der Waals surface area contributed by atoms with E-state index in [1.807, 2.05) is 6.92 Å². The minimum Gasteiger partial charge on any atom is -0.492 e. The number of piperazine rings is 1. The average molecular weight is 325 g/mol. The monoisotopic (exact) mass is 325 g/mol. The molecule has 0 saturated carbocycles. The number of nitrogens with zero attached hydrogens (tertiary/aromatic N) is 1. The third kappa shape index (κ3) is 3.90. The number of ether oxygens (including phenoxy) is 1. The Kier molecular flexibility index (Phi) is 5.41. The molecule has 1 aliphatic heterocycles. The van der Waals surface area contributed by atoms with Gasteiger partial charge in [-0.3, -0.25) is 0 Å². The molecule has 3 rings (SSSR count). The summed E-state index contributed by atoms with van der Waals surface area (Å²) in [5, 5.41) is 0. The standard InChI is InChI=1S/C21H28N2O/c1-4-24-21-8-6-5-7-20(21)23-13-11-22(12-14-23)16-19-10-9-17(2)15-18(19)3/h5-10,15H,4,11-14,16H2,1-3H3/p+1. The lowest BCUT2D eigenvalue weighted by molar-refractivity contribution is -0.914. The molecule has 1 N–H and O–H groups in total. The van der Waals surface area contributed by atoms with Gasteiger partial charge in [-0.15, -0.1) is 0 Å². The molecule has 0 aliphatic carbocycles. The molecule has 24 heavy (non-hydrogen) atoms. The van der Waals surface area contributed by atoms with E-state index in [2.05, 4.69) is 61.2 Å².